The van der Waals surface area contributed by atoms with Crippen LogP contribution in [0.2, 0.25) is 0 Å². The van der Waals surface area contributed by atoms with Gasteiger partial charge in [0.25, 0.3) is 5.91 Å². The van der Waals surface area contributed by atoms with Gasteiger partial charge < -0.3 is 10.1 Å². The van der Waals surface area contributed by atoms with Gasteiger partial charge in [0, 0.05) is 4.47 Å². The second-order valence-electron chi connectivity index (χ2n) is 5.98. The van der Waals surface area contributed by atoms with Crippen LogP contribution in [0.15, 0.2) is 65.1 Å². The summed E-state index contributed by atoms with van der Waals surface area (Å²) in [6.07, 6.45) is 0.704. The highest BCUT2D eigenvalue weighted by Crippen LogP contribution is 2.22. The quantitative estimate of drug-likeness (QED) is 0.599. The molecule has 0 saturated heterocycles. The maximum Gasteiger partial charge on any atom is 0.258 e. The van der Waals surface area contributed by atoms with Crippen LogP contribution in [0.5, 0.6) is 5.75 Å². The van der Waals surface area contributed by atoms with E-state index in [0.29, 0.717) is 17.6 Å². The molecular weight excluding hydrogens is 394 g/mol. The van der Waals surface area contributed by atoms with Crippen molar-refractivity contribution in [1.29, 1.82) is 0 Å². The van der Waals surface area contributed by atoms with Crippen molar-refractivity contribution < 1.29 is 14.3 Å². The summed E-state index contributed by atoms with van der Waals surface area (Å²) in [5.41, 5.74) is 1.42. The molecule has 1 amide bonds. The number of nitrogens with one attached hydrogen (secondary N) is 1. The van der Waals surface area contributed by atoms with Crippen molar-refractivity contribution in [2.45, 2.75) is 13.0 Å². The minimum absolute atomic E-state index is 0.147. The molecule has 0 spiro atoms. The van der Waals surface area contributed by atoms with Gasteiger partial charge in [-0.3, -0.25) is 9.59 Å². The molecule has 0 fully saturated rings. The van der Waals surface area contributed by atoms with Gasteiger partial charge in [-0.25, -0.2) is 0 Å². The predicted octanol–water partition coefficient (Wildman–Crippen LogP) is 4.67. The second-order valence-corrected chi connectivity index (χ2v) is 6.90. The van der Waals surface area contributed by atoms with E-state index in [1.807, 2.05) is 37.3 Å². The van der Waals surface area contributed by atoms with Crippen LogP contribution in [0.25, 0.3) is 10.8 Å². The molecule has 0 saturated carbocycles. The van der Waals surface area contributed by atoms with Crippen LogP contribution < -0.4 is 10.1 Å². The van der Waals surface area contributed by atoms with E-state index in [0.717, 1.165) is 20.8 Å². The van der Waals surface area contributed by atoms with Gasteiger partial charge in [0.1, 0.15) is 5.75 Å². The Morgan fingerprint density at radius 1 is 1.12 bits per heavy atom. The van der Waals surface area contributed by atoms with Gasteiger partial charge in [0.15, 0.2) is 12.9 Å². The number of hydrogen-bond acceptors (Lipinski definition) is 3. The number of benzene rings is 3. The van der Waals surface area contributed by atoms with Crippen molar-refractivity contribution in [1.82, 2.24) is 5.32 Å². The van der Waals surface area contributed by atoms with Crippen LogP contribution in [0.1, 0.15) is 28.9 Å². The molecule has 4 nitrogen and oxygen atoms in total. The molecule has 1 atom stereocenters. The standard InChI is InChI=1S/C21H18BrNO3/c1-14(16-7-6-15-4-2-3-5-17(15)10-16)23-21(25)13-26-20-9-8-19(22)11-18(20)12-24/h2-12,14H,13H2,1H3,(H,23,25). The zero-order valence-electron chi connectivity index (χ0n) is 14.2. The molecule has 0 aliphatic carbocycles. The first kappa shape index (κ1) is 18.1. The lowest BCUT2D eigenvalue weighted by atomic mass is 10.0. The number of fused-ring (bicyclic) bond motifs is 1. The van der Waals surface area contributed by atoms with Gasteiger partial charge in [-0.1, -0.05) is 52.3 Å². The van der Waals surface area contributed by atoms with Crippen LogP contribution in [0.4, 0.5) is 0 Å². The summed E-state index contributed by atoms with van der Waals surface area (Å²) >= 11 is 3.30. The Bertz CT molecular complexity index is 955. The van der Waals surface area contributed by atoms with Gasteiger partial charge in [-0.2, -0.15) is 0 Å². The number of carbonyl (C=O) groups excluding carboxylic acids is 2. The summed E-state index contributed by atoms with van der Waals surface area (Å²) in [5, 5.41) is 5.21. The average molecular weight is 412 g/mol. The molecule has 0 bridgehead atoms. The van der Waals surface area contributed by atoms with Crippen molar-refractivity contribution in [2.24, 2.45) is 0 Å². The van der Waals surface area contributed by atoms with Crippen molar-refractivity contribution in [3.8, 4) is 5.75 Å². The number of hydrogen-bond donors (Lipinski definition) is 1. The largest absolute Gasteiger partial charge is 0.483 e. The molecule has 26 heavy (non-hydrogen) atoms. The maximum atomic E-state index is 12.2. The first-order valence-corrected chi connectivity index (χ1v) is 9.01. The third kappa shape index (κ3) is 4.29. The van der Waals surface area contributed by atoms with Crippen LogP contribution in [0.3, 0.4) is 0 Å². The van der Waals surface area contributed by atoms with Crippen molar-refractivity contribution in [3.05, 3.63) is 76.3 Å². The van der Waals surface area contributed by atoms with E-state index in [-0.39, 0.29) is 18.6 Å². The molecule has 1 N–H and O–H groups in total. The molecule has 132 valence electrons. The topological polar surface area (TPSA) is 55.4 Å². The van der Waals surface area contributed by atoms with Crippen LogP contribution in [-0.4, -0.2) is 18.8 Å². The van der Waals surface area contributed by atoms with Crippen LogP contribution in [0, 0.1) is 0 Å². The van der Waals surface area contributed by atoms with Crippen molar-refractivity contribution >= 4 is 38.9 Å². The number of aldehydes is 1. The molecule has 0 heterocycles. The monoisotopic (exact) mass is 411 g/mol. The van der Waals surface area contributed by atoms with Gasteiger partial charge >= 0.3 is 0 Å². The number of halogens is 1. The number of rotatable bonds is 6. The fourth-order valence-electron chi connectivity index (χ4n) is 2.73. The van der Waals surface area contributed by atoms with E-state index in [9.17, 15) is 9.59 Å². The SMILES string of the molecule is CC(NC(=O)COc1ccc(Br)cc1C=O)c1ccc2ccccc2c1. The molecule has 0 aromatic heterocycles. The third-order valence-electron chi connectivity index (χ3n) is 4.11. The molecule has 1 unspecified atom stereocenters. The lowest BCUT2D eigenvalue weighted by Crippen LogP contribution is -2.31. The van der Waals surface area contributed by atoms with Crippen LogP contribution in [-0.2, 0) is 4.79 Å². The maximum absolute atomic E-state index is 12.2. The highest BCUT2D eigenvalue weighted by Gasteiger charge is 2.12. The lowest BCUT2D eigenvalue weighted by Gasteiger charge is -2.16. The summed E-state index contributed by atoms with van der Waals surface area (Å²) < 4.78 is 6.27. The fourth-order valence-corrected chi connectivity index (χ4v) is 3.11. The van der Waals surface area contributed by atoms with Gasteiger partial charge in [-0.15, -0.1) is 0 Å². The first-order valence-electron chi connectivity index (χ1n) is 8.22. The molecule has 0 aliphatic rings. The summed E-state index contributed by atoms with van der Waals surface area (Å²) in [6.45, 7) is 1.78. The Morgan fingerprint density at radius 3 is 2.65 bits per heavy atom. The Balaban J connectivity index is 1.62. The smallest absolute Gasteiger partial charge is 0.258 e. The fraction of sp³-hybridized carbons (Fsp3) is 0.143. The van der Waals surface area contributed by atoms with E-state index >= 15 is 0 Å². The molecule has 3 aromatic carbocycles. The van der Waals surface area contributed by atoms with Gasteiger partial charge in [-0.05, 0) is 47.5 Å². The summed E-state index contributed by atoms with van der Waals surface area (Å²) in [5.74, 6) is 0.141. The predicted molar refractivity (Wildman–Crippen MR) is 106 cm³/mol. The number of amides is 1. The Hall–Kier alpha value is -2.66. The van der Waals surface area contributed by atoms with Gasteiger partial charge in [0.05, 0.1) is 11.6 Å². The van der Waals surface area contributed by atoms with E-state index in [2.05, 4.69) is 33.4 Å². The molecule has 5 heteroatoms. The minimum atomic E-state index is -0.245. The Labute approximate surface area is 160 Å². The highest BCUT2D eigenvalue weighted by molar-refractivity contribution is 9.10. The van der Waals surface area contributed by atoms with Crippen LogP contribution >= 0.6 is 15.9 Å². The molecule has 3 rings (SSSR count). The molecule has 3 aromatic rings. The molecular formula is C21H18BrNO3. The molecule has 0 aliphatic heterocycles. The summed E-state index contributed by atoms with van der Waals surface area (Å²) in [4.78, 5) is 23.3. The zero-order chi connectivity index (χ0) is 18.5. The Morgan fingerprint density at radius 2 is 1.88 bits per heavy atom. The number of ether oxygens (including phenoxy) is 1. The lowest BCUT2D eigenvalue weighted by molar-refractivity contribution is -0.123. The summed E-state index contributed by atoms with van der Waals surface area (Å²) in [7, 11) is 0. The van der Waals surface area contributed by atoms with Crippen molar-refractivity contribution in [2.75, 3.05) is 6.61 Å². The third-order valence-corrected chi connectivity index (χ3v) is 4.60. The van der Waals surface area contributed by atoms with Crippen molar-refractivity contribution in [3.63, 3.8) is 0 Å². The minimum Gasteiger partial charge on any atom is -0.483 e. The van der Waals surface area contributed by atoms with E-state index in [1.165, 1.54) is 0 Å². The Kier molecular flexibility index (Phi) is 5.68. The van der Waals surface area contributed by atoms with E-state index < -0.39 is 0 Å². The second kappa shape index (κ2) is 8.15. The molecule has 0 radical (unpaired) electrons. The van der Waals surface area contributed by atoms with Gasteiger partial charge in [0.2, 0.25) is 0 Å². The average Bonchev–Trinajstić information content (AvgIpc) is 2.66. The highest BCUT2D eigenvalue weighted by atomic mass is 79.9. The zero-order valence-corrected chi connectivity index (χ0v) is 15.8. The number of carbonyl (C=O) groups is 2. The van der Waals surface area contributed by atoms with E-state index in [1.54, 1.807) is 18.2 Å². The normalized spacial score (nSPS) is 11.8. The summed E-state index contributed by atoms with van der Waals surface area (Å²) in [6, 6.07) is 19.1. The first-order chi connectivity index (χ1) is 12.6. The van der Waals surface area contributed by atoms with E-state index in [4.69, 9.17) is 4.74 Å².